The summed E-state index contributed by atoms with van der Waals surface area (Å²) in [7, 11) is 0. The van der Waals surface area contributed by atoms with Crippen molar-refractivity contribution in [3.8, 4) is 11.6 Å². The van der Waals surface area contributed by atoms with E-state index in [9.17, 15) is 0 Å². The molecule has 6 heteroatoms. The van der Waals surface area contributed by atoms with Gasteiger partial charge in [0.25, 0.3) is 0 Å². The molecule has 2 aliphatic rings. The Morgan fingerprint density at radius 3 is 2.68 bits per heavy atom. The molecule has 0 radical (unpaired) electrons. The van der Waals surface area contributed by atoms with Gasteiger partial charge in [0.2, 0.25) is 5.89 Å². The highest BCUT2D eigenvalue weighted by atomic mass is 16.4. The number of aryl methyl sites for hydroxylation is 1. The number of hydrogen-bond donors (Lipinski definition) is 0. The molecule has 6 nitrogen and oxygen atoms in total. The SMILES string of the molecule is CCCCc1cnc(-c2cccc(N3CCCN(C4CCN(C(C)C)CC4)CC3)n2)o1. The summed E-state index contributed by atoms with van der Waals surface area (Å²) in [6.45, 7) is 13.7. The van der Waals surface area contributed by atoms with E-state index in [-0.39, 0.29) is 0 Å². The minimum absolute atomic E-state index is 0.640. The molecule has 0 aliphatic carbocycles. The number of anilines is 1. The molecule has 170 valence electrons. The normalized spacial score (nSPS) is 19.8. The minimum Gasteiger partial charge on any atom is -0.440 e. The van der Waals surface area contributed by atoms with Crippen LogP contribution in [-0.4, -0.2) is 71.1 Å². The van der Waals surface area contributed by atoms with Crippen LogP contribution < -0.4 is 4.90 Å². The van der Waals surface area contributed by atoms with E-state index >= 15 is 0 Å². The quantitative estimate of drug-likeness (QED) is 0.653. The lowest BCUT2D eigenvalue weighted by molar-refractivity contribution is 0.0965. The fraction of sp³-hybridized carbons (Fsp3) is 0.680. The Balaban J connectivity index is 1.36. The Kier molecular flexibility index (Phi) is 7.62. The predicted octanol–water partition coefficient (Wildman–Crippen LogP) is 4.46. The molecule has 2 saturated heterocycles. The molecular weight excluding hydrogens is 386 g/mol. The molecule has 0 atom stereocenters. The Morgan fingerprint density at radius 1 is 1.06 bits per heavy atom. The van der Waals surface area contributed by atoms with Crippen molar-refractivity contribution in [2.45, 2.75) is 71.4 Å². The predicted molar refractivity (Wildman–Crippen MR) is 126 cm³/mol. The van der Waals surface area contributed by atoms with Crippen molar-refractivity contribution in [2.75, 3.05) is 44.2 Å². The van der Waals surface area contributed by atoms with Crippen LogP contribution in [0.1, 0.15) is 58.6 Å². The Bertz CT molecular complexity index is 812. The molecule has 2 aromatic heterocycles. The van der Waals surface area contributed by atoms with Crippen molar-refractivity contribution in [2.24, 2.45) is 0 Å². The highest BCUT2D eigenvalue weighted by Crippen LogP contribution is 2.24. The van der Waals surface area contributed by atoms with Gasteiger partial charge in [0.05, 0.1) is 6.20 Å². The molecule has 2 aromatic rings. The Labute approximate surface area is 187 Å². The second-order valence-corrected chi connectivity index (χ2v) is 9.35. The van der Waals surface area contributed by atoms with Gasteiger partial charge in [-0.15, -0.1) is 0 Å². The second kappa shape index (κ2) is 10.6. The maximum atomic E-state index is 5.96. The maximum Gasteiger partial charge on any atom is 0.245 e. The fourth-order valence-electron chi connectivity index (χ4n) is 4.91. The molecular formula is C25H39N5O. The molecule has 0 N–H and O–H groups in total. The van der Waals surface area contributed by atoms with E-state index in [1.165, 1.54) is 38.9 Å². The third-order valence-corrected chi connectivity index (χ3v) is 6.88. The van der Waals surface area contributed by atoms with Gasteiger partial charge in [0, 0.05) is 44.7 Å². The van der Waals surface area contributed by atoms with Gasteiger partial charge in [-0.2, -0.15) is 0 Å². The number of pyridine rings is 1. The largest absolute Gasteiger partial charge is 0.440 e. The van der Waals surface area contributed by atoms with Gasteiger partial charge in [-0.1, -0.05) is 19.4 Å². The first kappa shape index (κ1) is 22.3. The van der Waals surface area contributed by atoms with Crippen LogP contribution in [0.25, 0.3) is 11.6 Å². The van der Waals surface area contributed by atoms with E-state index in [0.717, 1.165) is 62.2 Å². The fourth-order valence-corrected chi connectivity index (χ4v) is 4.91. The third-order valence-electron chi connectivity index (χ3n) is 6.88. The van der Waals surface area contributed by atoms with E-state index in [0.29, 0.717) is 11.9 Å². The van der Waals surface area contributed by atoms with E-state index in [1.54, 1.807) is 0 Å². The molecule has 4 heterocycles. The van der Waals surface area contributed by atoms with Crippen molar-refractivity contribution >= 4 is 5.82 Å². The van der Waals surface area contributed by atoms with Crippen molar-refractivity contribution in [1.29, 1.82) is 0 Å². The van der Waals surface area contributed by atoms with Crippen molar-refractivity contribution < 1.29 is 4.42 Å². The Morgan fingerprint density at radius 2 is 1.90 bits per heavy atom. The average Bonchev–Trinajstić information content (AvgIpc) is 3.14. The topological polar surface area (TPSA) is 48.6 Å². The maximum absolute atomic E-state index is 5.96. The van der Waals surface area contributed by atoms with Crippen LogP contribution in [0.2, 0.25) is 0 Å². The van der Waals surface area contributed by atoms with Crippen LogP contribution in [0.15, 0.2) is 28.8 Å². The zero-order chi connectivity index (χ0) is 21.6. The monoisotopic (exact) mass is 425 g/mol. The number of hydrogen-bond acceptors (Lipinski definition) is 6. The van der Waals surface area contributed by atoms with Crippen LogP contribution in [0.3, 0.4) is 0 Å². The van der Waals surface area contributed by atoms with E-state index in [2.05, 4.69) is 52.6 Å². The van der Waals surface area contributed by atoms with Crippen molar-refractivity contribution in [3.63, 3.8) is 0 Å². The molecule has 31 heavy (non-hydrogen) atoms. The van der Waals surface area contributed by atoms with Crippen LogP contribution >= 0.6 is 0 Å². The first-order valence-electron chi connectivity index (χ1n) is 12.3. The zero-order valence-corrected chi connectivity index (χ0v) is 19.6. The zero-order valence-electron chi connectivity index (χ0n) is 19.6. The lowest BCUT2D eigenvalue weighted by Gasteiger charge is -2.39. The first-order valence-corrected chi connectivity index (χ1v) is 12.3. The van der Waals surface area contributed by atoms with Gasteiger partial charge < -0.3 is 14.2 Å². The van der Waals surface area contributed by atoms with Crippen LogP contribution in [-0.2, 0) is 6.42 Å². The van der Waals surface area contributed by atoms with Crippen LogP contribution in [0.5, 0.6) is 0 Å². The van der Waals surface area contributed by atoms with Gasteiger partial charge in [0.1, 0.15) is 17.3 Å². The summed E-state index contributed by atoms with van der Waals surface area (Å²) in [5.74, 6) is 2.64. The molecule has 0 spiro atoms. The average molecular weight is 426 g/mol. The molecule has 0 saturated carbocycles. The number of likely N-dealkylation sites (tertiary alicyclic amines) is 1. The van der Waals surface area contributed by atoms with Crippen LogP contribution in [0, 0.1) is 0 Å². The highest BCUT2D eigenvalue weighted by molar-refractivity contribution is 5.52. The van der Waals surface area contributed by atoms with E-state index < -0.39 is 0 Å². The van der Waals surface area contributed by atoms with Gasteiger partial charge in [-0.05, 0) is 64.8 Å². The van der Waals surface area contributed by atoms with Gasteiger partial charge in [0.15, 0.2) is 0 Å². The molecule has 2 aliphatic heterocycles. The highest BCUT2D eigenvalue weighted by Gasteiger charge is 2.27. The van der Waals surface area contributed by atoms with E-state index in [1.807, 2.05) is 12.3 Å². The van der Waals surface area contributed by atoms with Gasteiger partial charge in [-0.3, -0.25) is 4.90 Å². The molecule has 0 amide bonds. The summed E-state index contributed by atoms with van der Waals surface area (Å²) >= 11 is 0. The van der Waals surface area contributed by atoms with E-state index in [4.69, 9.17) is 9.40 Å². The number of nitrogens with zero attached hydrogens (tertiary/aromatic N) is 5. The number of unbranched alkanes of at least 4 members (excludes halogenated alkanes) is 1. The summed E-state index contributed by atoms with van der Waals surface area (Å²) in [4.78, 5) is 17.2. The smallest absolute Gasteiger partial charge is 0.245 e. The van der Waals surface area contributed by atoms with Gasteiger partial charge in [-0.25, -0.2) is 9.97 Å². The summed E-state index contributed by atoms with van der Waals surface area (Å²) in [6, 6.07) is 7.62. The van der Waals surface area contributed by atoms with Crippen molar-refractivity contribution in [3.05, 3.63) is 30.2 Å². The number of rotatable bonds is 7. The first-order chi connectivity index (χ1) is 15.1. The lowest BCUT2D eigenvalue weighted by atomic mass is 10.0. The third kappa shape index (κ3) is 5.66. The lowest BCUT2D eigenvalue weighted by Crippen LogP contribution is -2.47. The van der Waals surface area contributed by atoms with Crippen molar-refractivity contribution in [1.82, 2.24) is 19.8 Å². The van der Waals surface area contributed by atoms with Gasteiger partial charge >= 0.3 is 0 Å². The molecule has 0 aromatic carbocycles. The molecule has 0 bridgehead atoms. The summed E-state index contributed by atoms with van der Waals surface area (Å²) < 4.78 is 5.96. The standard InChI is InChI=1S/C25H39N5O/c1-4-5-8-22-19-26-25(31-22)23-9-6-10-24(27-23)30-14-7-13-29(17-18-30)21-11-15-28(16-12-21)20(2)3/h6,9-10,19-21H,4-5,7-8,11-18H2,1-3H3. The molecule has 2 fully saturated rings. The number of piperidine rings is 1. The number of oxazole rings is 1. The summed E-state index contributed by atoms with van der Waals surface area (Å²) in [5.41, 5.74) is 0.836. The summed E-state index contributed by atoms with van der Waals surface area (Å²) in [5, 5.41) is 0. The minimum atomic E-state index is 0.640. The second-order valence-electron chi connectivity index (χ2n) is 9.35. The molecule has 0 unspecified atom stereocenters. The van der Waals surface area contributed by atoms with Crippen LogP contribution in [0.4, 0.5) is 5.82 Å². The summed E-state index contributed by atoms with van der Waals surface area (Å²) in [6.07, 6.45) is 8.88. The number of aromatic nitrogens is 2. The molecule has 4 rings (SSSR count). The Hall–Kier alpha value is -1.92.